The van der Waals surface area contributed by atoms with Crippen LogP contribution in [0.15, 0.2) is 12.1 Å². The minimum Gasteiger partial charge on any atom is -0.496 e. The van der Waals surface area contributed by atoms with Gasteiger partial charge in [0.15, 0.2) is 0 Å². The smallest absolute Gasteiger partial charge is 0.238 e. The van der Waals surface area contributed by atoms with Crippen LogP contribution in [0.25, 0.3) is 0 Å². The number of methoxy groups -OCH3 is 3. The molecule has 0 saturated carbocycles. The number of unbranched alkanes of at least 4 members (excludes halogenated alkanes) is 15. The number of carbonyl (C=O) groups is 1. The number of ether oxygens (including phenoxy) is 3. The van der Waals surface area contributed by atoms with Crippen LogP contribution in [0.2, 0.25) is 0 Å². The van der Waals surface area contributed by atoms with E-state index in [1.54, 1.807) is 33.1 Å². The van der Waals surface area contributed by atoms with E-state index < -0.39 is 0 Å². The molecule has 6 nitrogen and oxygen atoms in total. The van der Waals surface area contributed by atoms with Gasteiger partial charge in [-0.2, -0.15) is 0 Å². The van der Waals surface area contributed by atoms with Crippen LogP contribution in [-0.4, -0.2) is 45.6 Å². The maximum absolute atomic E-state index is 12.7. The van der Waals surface area contributed by atoms with Crippen molar-refractivity contribution in [2.75, 3.05) is 33.6 Å². The molecule has 1 aliphatic rings. The Kier molecular flexibility index (Phi) is 17.4. The average molecular weight is 551 g/mol. The Balaban J connectivity index is 1.50. The monoisotopic (exact) mass is 550 g/mol. The van der Waals surface area contributed by atoms with Crippen LogP contribution in [0.1, 0.15) is 121 Å². The van der Waals surface area contributed by atoms with Crippen LogP contribution in [0.5, 0.6) is 17.2 Å². The topological polar surface area (TPSA) is 68.8 Å². The highest BCUT2D eigenvalue weighted by molar-refractivity contribution is 7.99. The van der Waals surface area contributed by atoms with E-state index in [2.05, 4.69) is 17.6 Å². The Morgan fingerprint density at radius 3 is 1.71 bits per heavy atom. The molecule has 1 aliphatic heterocycles. The van der Waals surface area contributed by atoms with Gasteiger partial charge in [0.2, 0.25) is 5.91 Å². The van der Waals surface area contributed by atoms with Gasteiger partial charge in [0.25, 0.3) is 0 Å². The molecule has 38 heavy (non-hydrogen) atoms. The molecule has 1 aromatic carbocycles. The third-order valence-corrected chi connectivity index (χ3v) is 8.67. The molecule has 2 rings (SSSR count). The summed E-state index contributed by atoms with van der Waals surface area (Å²) >= 11 is 1.70. The first-order valence-corrected chi connectivity index (χ1v) is 16.1. The van der Waals surface area contributed by atoms with Gasteiger partial charge in [-0.3, -0.25) is 10.1 Å². The number of rotatable bonds is 22. The van der Waals surface area contributed by atoms with Crippen LogP contribution in [0, 0.1) is 0 Å². The average Bonchev–Trinajstić information content (AvgIpc) is 3.43. The zero-order valence-electron chi connectivity index (χ0n) is 24.6. The summed E-state index contributed by atoms with van der Waals surface area (Å²) in [6.07, 6.45) is 21.7. The Hall–Kier alpha value is -1.60. The number of amides is 1. The van der Waals surface area contributed by atoms with Crippen molar-refractivity contribution in [1.82, 2.24) is 10.6 Å². The molecule has 1 saturated heterocycles. The molecule has 0 aromatic heterocycles. The number of carbonyl (C=O) groups excluding carboxylic acids is 1. The Morgan fingerprint density at radius 1 is 0.789 bits per heavy atom. The maximum Gasteiger partial charge on any atom is 0.238 e. The molecule has 0 bridgehead atoms. The van der Waals surface area contributed by atoms with Crippen LogP contribution >= 0.6 is 11.8 Å². The van der Waals surface area contributed by atoms with Crippen molar-refractivity contribution in [1.29, 1.82) is 0 Å². The zero-order valence-corrected chi connectivity index (χ0v) is 25.4. The third kappa shape index (κ3) is 12.1. The van der Waals surface area contributed by atoms with E-state index in [1.807, 2.05) is 12.1 Å². The minimum absolute atomic E-state index is 0.0721. The second-order valence-corrected chi connectivity index (χ2v) is 11.6. The molecular formula is C31H54N2O4S. The van der Waals surface area contributed by atoms with E-state index in [0.717, 1.165) is 18.5 Å². The highest BCUT2D eigenvalue weighted by Crippen LogP contribution is 2.45. The Morgan fingerprint density at radius 2 is 1.26 bits per heavy atom. The number of hydrogen-bond donors (Lipinski definition) is 2. The number of benzene rings is 1. The van der Waals surface area contributed by atoms with E-state index in [-0.39, 0.29) is 17.3 Å². The number of thioether (sulfide) groups is 1. The van der Waals surface area contributed by atoms with Crippen LogP contribution in [-0.2, 0) is 4.79 Å². The van der Waals surface area contributed by atoms with E-state index in [1.165, 1.54) is 96.3 Å². The quantitative estimate of drug-likeness (QED) is 0.144. The van der Waals surface area contributed by atoms with Crippen LogP contribution in [0.4, 0.5) is 0 Å². The first kappa shape index (κ1) is 32.6. The van der Waals surface area contributed by atoms with Gasteiger partial charge in [-0.1, -0.05) is 103 Å². The molecule has 0 spiro atoms. The van der Waals surface area contributed by atoms with Crippen molar-refractivity contribution in [3.63, 3.8) is 0 Å². The van der Waals surface area contributed by atoms with Crippen molar-refractivity contribution < 1.29 is 19.0 Å². The van der Waals surface area contributed by atoms with Crippen molar-refractivity contribution in [2.45, 2.75) is 121 Å². The van der Waals surface area contributed by atoms with E-state index >= 15 is 0 Å². The van der Waals surface area contributed by atoms with Crippen molar-refractivity contribution >= 4 is 17.7 Å². The predicted molar refractivity (Wildman–Crippen MR) is 161 cm³/mol. The molecule has 2 atom stereocenters. The molecule has 1 aromatic rings. The summed E-state index contributed by atoms with van der Waals surface area (Å²) in [6, 6.07) is 3.48. The van der Waals surface area contributed by atoms with Gasteiger partial charge in [-0.15, -0.1) is 11.8 Å². The second kappa shape index (κ2) is 20.3. The minimum atomic E-state index is -0.220. The summed E-state index contributed by atoms with van der Waals surface area (Å²) in [5.41, 5.74) is 0.911. The van der Waals surface area contributed by atoms with Gasteiger partial charge in [0.05, 0.1) is 38.3 Å². The molecule has 1 heterocycles. The molecule has 7 heteroatoms. The Bertz CT molecular complexity index is 751. The molecule has 218 valence electrons. The summed E-state index contributed by atoms with van der Waals surface area (Å²) in [5.74, 6) is 2.86. The molecular weight excluding hydrogens is 496 g/mol. The van der Waals surface area contributed by atoms with Gasteiger partial charge in [-0.05, 0) is 6.42 Å². The SMILES string of the molecule is CCCCCCCCCCCCCCCCCCNC(=O)[C@H]1CSC(c2c(OC)cc(OC)cc2OC)N1. The lowest BCUT2D eigenvalue weighted by molar-refractivity contribution is -0.122. The lowest BCUT2D eigenvalue weighted by Crippen LogP contribution is -2.42. The molecule has 1 fully saturated rings. The lowest BCUT2D eigenvalue weighted by atomic mass is 10.0. The summed E-state index contributed by atoms with van der Waals surface area (Å²) < 4.78 is 16.5. The Labute approximate surface area is 236 Å². The second-order valence-electron chi connectivity index (χ2n) is 10.5. The molecule has 2 N–H and O–H groups in total. The summed E-state index contributed by atoms with van der Waals surface area (Å²) in [5, 5.41) is 6.50. The fourth-order valence-electron chi connectivity index (χ4n) is 5.09. The summed E-state index contributed by atoms with van der Waals surface area (Å²) in [6.45, 7) is 3.03. The molecule has 1 amide bonds. The van der Waals surface area contributed by atoms with Gasteiger partial charge in [0, 0.05) is 24.4 Å². The molecule has 0 aliphatic carbocycles. The fraction of sp³-hybridized carbons (Fsp3) is 0.774. The summed E-state index contributed by atoms with van der Waals surface area (Å²) in [7, 11) is 4.90. The predicted octanol–water partition coefficient (Wildman–Crippen LogP) is 7.79. The van der Waals surface area contributed by atoms with Crippen LogP contribution < -0.4 is 24.8 Å². The third-order valence-electron chi connectivity index (χ3n) is 7.44. The highest BCUT2D eigenvalue weighted by Gasteiger charge is 2.34. The van der Waals surface area contributed by atoms with Crippen LogP contribution in [0.3, 0.4) is 0 Å². The summed E-state index contributed by atoms with van der Waals surface area (Å²) in [4.78, 5) is 12.7. The molecule has 1 unspecified atom stereocenters. The fourth-order valence-corrected chi connectivity index (χ4v) is 6.38. The van der Waals surface area contributed by atoms with Crippen molar-refractivity contribution in [2.24, 2.45) is 0 Å². The highest BCUT2D eigenvalue weighted by atomic mass is 32.2. The van der Waals surface area contributed by atoms with Gasteiger partial charge in [-0.25, -0.2) is 0 Å². The maximum atomic E-state index is 12.7. The van der Waals surface area contributed by atoms with E-state index in [4.69, 9.17) is 14.2 Å². The van der Waals surface area contributed by atoms with Crippen molar-refractivity contribution in [3.8, 4) is 17.2 Å². The largest absolute Gasteiger partial charge is 0.496 e. The van der Waals surface area contributed by atoms with E-state index in [0.29, 0.717) is 23.0 Å². The number of hydrogen-bond acceptors (Lipinski definition) is 6. The normalized spacial score (nSPS) is 16.9. The standard InChI is InChI=1S/C31H54N2O4S/c1-5-6-7-8-9-10-11-12-13-14-15-16-17-18-19-20-21-32-30(34)26-24-38-31(33-26)29-27(36-3)22-25(35-2)23-28(29)37-4/h22-23,26,31,33H,5-21,24H2,1-4H3,(H,32,34)/t26-,31?/m1/s1. The van der Waals surface area contributed by atoms with Crippen molar-refractivity contribution in [3.05, 3.63) is 17.7 Å². The molecule has 0 radical (unpaired) electrons. The van der Waals surface area contributed by atoms with Gasteiger partial charge < -0.3 is 19.5 Å². The number of nitrogens with one attached hydrogen (secondary N) is 2. The van der Waals surface area contributed by atoms with Gasteiger partial charge in [0.1, 0.15) is 17.2 Å². The lowest BCUT2D eigenvalue weighted by Gasteiger charge is -2.20. The zero-order chi connectivity index (χ0) is 27.4. The first-order chi connectivity index (χ1) is 18.6. The van der Waals surface area contributed by atoms with Gasteiger partial charge >= 0.3 is 0 Å². The van der Waals surface area contributed by atoms with E-state index in [9.17, 15) is 4.79 Å². The first-order valence-electron chi connectivity index (χ1n) is 15.1.